The number of esters is 7. The standard InChI is InChI=1S/C13H17N3O3.C12H14FN3O3.C12H21N3O3.C12H15N3O3.C11H19N3O3.C10H13N3O3S.C10H19N3O3/c1-3-19-13(18)12(14)16-15-11(17)8-10-6-4-9(2)5-7-10;1-2-19-12(18)11(14)16-15-10(17)7-8-3-5-9(13)6-4-8;2*1-2-18-12(17)11(13)15-14-10(16)8-9-6-4-3-5-7-9;1-2-17-11(16)10(12)14-13-9(15)7-8-5-3-4-6-8;1-2-16-10(15)9(11)13-12-8(14)6-7-4-3-5-17-7;1-4-16-10(15)9(11)13-12-8(14)6-5-7(2)3/h4-7H,3,8H2,1-2H3,(H2,14,16)(H,15,17);3-6H,2,7H2,1H3,(H2,14,16)(H,15,17);9H,2-8H2,1H3,(H2,13,15)(H,14,16);3-7H,2,8H2,1H3,(H2,13,15)(H,14,16);8H,2-7H2,1H3,(H2,12,14)(H,13,15);3-5H,2,6H2,1H3,(H2,11,13)(H,12,14);7H,4-6H2,1-3H3,(H2,11,13)(H,12,14). The van der Waals surface area contributed by atoms with E-state index in [9.17, 15) is 71.5 Å². The molecule has 1 aromatic heterocycles. The summed E-state index contributed by atoms with van der Waals surface area (Å²) >= 11 is 1.47. The highest BCUT2D eigenvalue weighted by Crippen LogP contribution is 2.28. The lowest BCUT2D eigenvalue weighted by Gasteiger charge is -2.20. The molecular formula is C80H118FN21O21S. The molecule has 0 spiro atoms. The molecule has 21 N–H and O–H groups in total. The van der Waals surface area contributed by atoms with Gasteiger partial charge >= 0.3 is 41.8 Å². The van der Waals surface area contributed by atoms with Crippen LogP contribution in [0.1, 0.15) is 173 Å². The van der Waals surface area contributed by atoms with Crippen LogP contribution < -0.4 is 78.1 Å². The molecule has 7 amide bonds. The van der Waals surface area contributed by atoms with Crippen LogP contribution >= 0.6 is 11.3 Å². The van der Waals surface area contributed by atoms with Gasteiger partial charge in [0.1, 0.15) is 5.82 Å². The minimum Gasteiger partial charge on any atom is -0.460 e. The number of hydrazone groups is 7. The molecule has 4 aromatic rings. The van der Waals surface area contributed by atoms with E-state index in [4.69, 9.17) is 40.1 Å². The third-order valence-electron chi connectivity index (χ3n) is 15.5. The summed E-state index contributed by atoms with van der Waals surface area (Å²) < 4.78 is 44.9. The van der Waals surface area contributed by atoms with Crippen molar-refractivity contribution in [2.45, 2.75) is 178 Å². The summed E-state index contributed by atoms with van der Waals surface area (Å²) in [5, 5.41) is 26.1. The molecule has 2 fully saturated rings. The average molecular weight is 1760 g/mol. The van der Waals surface area contributed by atoms with Crippen molar-refractivity contribution in [3.63, 3.8) is 0 Å². The van der Waals surface area contributed by atoms with Crippen molar-refractivity contribution < 1.29 is 105 Å². The Kier molecular flexibility index (Phi) is 59.4. The molecule has 6 rings (SSSR count). The Morgan fingerprint density at radius 2 is 0.621 bits per heavy atom. The van der Waals surface area contributed by atoms with Gasteiger partial charge in [-0.25, -0.2) is 75.9 Å². The van der Waals surface area contributed by atoms with E-state index in [1.807, 2.05) is 92.9 Å². The number of thiophene rings is 1. The maximum absolute atomic E-state index is 12.6. The predicted molar refractivity (Wildman–Crippen MR) is 460 cm³/mol. The van der Waals surface area contributed by atoms with Gasteiger partial charge in [0.25, 0.3) is 0 Å². The highest BCUT2D eigenvalue weighted by atomic mass is 32.1. The Labute approximate surface area is 722 Å². The summed E-state index contributed by atoms with van der Waals surface area (Å²) in [5.41, 5.74) is 56.0. The molecule has 0 aliphatic heterocycles. The van der Waals surface area contributed by atoms with Crippen LogP contribution in [-0.4, -0.2) is 170 Å². The lowest BCUT2D eigenvalue weighted by Crippen LogP contribution is -2.31. The first kappa shape index (κ1) is 110. The molecule has 682 valence electrons. The molecule has 2 aliphatic carbocycles. The molecule has 124 heavy (non-hydrogen) atoms. The Morgan fingerprint density at radius 1 is 0.355 bits per heavy atom. The van der Waals surface area contributed by atoms with Crippen LogP contribution in [0.15, 0.2) is 132 Å². The molecule has 0 bridgehead atoms. The van der Waals surface area contributed by atoms with Crippen LogP contribution in [0.4, 0.5) is 4.39 Å². The Hall–Kier alpha value is -13.8. The van der Waals surface area contributed by atoms with Gasteiger partial charge in [0.05, 0.1) is 71.9 Å². The minimum absolute atomic E-state index is 0.000114. The van der Waals surface area contributed by atoms with Crippen LogP contribution in [-0.2, 0) is 126 Å². The van der Waals surface area contributed by atoms with Gasteiger partial charge < -0.3 is 73.3 Å². The number of halogens is 1. The van der Waals surface area contributed by atoms with E-state index >= 15 is 0 Å². The number of nitrogens with zero attached hydrogens (tertiary/aromatic N) is 7. The zero-order chi connectivity index (χ0) is 93.2. The van der Waals surface area contributed by atoms with E-state index < -0.39 is 53.5 Å². The van der Waals surface area contributed by atoms with Gasteiger partial charge in [-0.05, 0) is 146 Å². The topological polar surface area (TPSA) is 656 Å². The number of amides is 7. The van der Waals surface area contributed by atoms with Crippen molar-refractivity contribution in [1.82, 2.24) is 38.0 Å². The molecule has 42 nitrogen and oxygen atoms in total. The predicted octanol–water partition coefficient (Wildman–Crippen LogP) is 3.03. The summed E-state index contributed by atoms with van der Waals surface area (Å²) in [6.07, 6.45) is 12.9. The number of aryl methyl sites for hydroxylation is 1. The maximum Gasteiger partial charge on any atom is 0.375 e. The zero-order valence-electron chi connectivity index (χ0n) is 71.5. The van der Waals surface area contributed by atoms with E-state index in [1.54, 1.807) is 48.5 Å². The molecule has 0 unspecified atom stereocenters. The van der Waals surface area contributed by atoms with E-state index in [0.29, 0.717) is 42.6 Å². The Bertz CT molecular complexity index is 4120. The maximum atomic E-state index is 12.6. The first-order valence-corrected chi connectivity index (χ1v) is 40.3. The third kappa shape index (κ3) is 55.8. The Morgan fingerprint density at radius 3 is 0.903 bits per heavy atom. The van der Waals surface area contributed by atoms with Crippen LogP contribution in [0.3, 0.4) is 0 Å². The molecule has 0 atom stereocenters. The van der Waals surface area contributed by atoms with Gasteiger partial charge in [-0.2, -0.15) is 0 Å². The number of ether oxygens (including phenoxy) is 7. The first-order chi connectivity index (χ1) is 59.0. The molecular weight excluding hydrogens is 1640 g/mol. The monoisotopic (exact) mass is 1760 g/mol. The van der Waals surface area contributed by atoms with Crippen LogP contribution in [0.5, 0.6) is 0 Å². The highest BCUT2D eigenvalue weighted by Gasteiger charge is 2.21. The largest absolute Gasteiger partial charge is 0.460 e. The fourth-order valence-electron chi connectivity index (χ4n) is 9.50. The molecule has 44 heteroatoms. The number of nitrogens with one attached hydrogen (secondary N) is 7. The van der Waals surface area contributed by atoms with Gasteiger partial charge in [-0.1, -0.05) is 124 Å². The SMILES string of the molecule is CCOC(=O)C(N)=NNC(=O)CC1CCCC1.CCOC(=O)C(N)=NNC(=O)CC1CCCCC1.CCOC(=O)C(N)=NNC(=O)CCC(C)C.CCOC(=O)C(N)=NNC(=O)Cc1ccc(C)cc1.CCOC(=O)C(N)=NNC(=O)Cc1ccc(F)cc1.CCOC(=O)C(N)=NNC(=O)Cc1ccccc1.CCOC(=O)C(N)=NNC(=O)Cc1cccs1. The van der Waals surface area contributed by atoms with Gasteiger partial charge in [-0.3, -0.25) is 33.6 Å². The summed E-state index contributed by atoms with van der Waals surface area (Å²) in [4.78, 5) is 159. The van der Waals surface area contributed by atoms with Crippen molar-refractivity contribution in [2.75, 3.05) is 46.2 Å². The molecule has 3 aromatic carbocycles. The number of hydrogen-bond acceptors (Lipinski definition) is 29. The number of benzene rings is 3. The van der Waals surface area contributed by atoms with Crippen LogP contribution in [0, 0.1) is 30.5 Å². The zero-order valence-corrected chi connectivity index (χ0v) is 72.3. The fourth-order valence-corrected chi connectivity index (χ4v) is 10.2. The smallest absolute Gasteiger partial charge is 0.375 e. The fraction of sp³-hybridized carbons (Fsp3) is 0.463. The molecule has 1 heterocycles. The third-order valence-corrected chi connectivity index (χ3v) is 16.4. The van der Waals surface area contributed by atoms with Crippen molar-refractivity contribution >= 4 is 135 Å². The molecule has 0 radical (unpaired) electrons. The van der Waals surface area contributed by atoms with Crippen molar-refractivity contribution in [3.8, 4) is 0 Å². The first-order valence-electron chi connectivity index (χ1n) is 39.4. The molecule has 0 saturated heterocycles. The van der Waals surface area contributed by atoms with Crippen molar-refractivity contribution in [2.24, 2.45) is 93.6 Å². The summed E-state index contributed by atoms with van der Waals surface area (Å²) in [7, 11) is 0. The number of nitrogens with two attached hydrogens (primary N) is 7. The van der Waals surface area contributed by atoms with E-state index in [-0.39, 0.29) is 148 Å². The number of carbonyl (C=O) groups is 14. The quantitative estimate of drug-likeness (QED) is 0.0122. The molecule has 2 saturated carbocycles. The van der Waals surface area contributed by atoms with E-state index in [1.165, 1.54) is 67.7 Å². The van der Waals surface area contributed by atoms with Crippen molar-refractivity contribution in [3.05, 3.63) is 129 Å². The van der Waals surface area contributed by atoms with Gasteiger partial charge in [-0.15, -0.1) is 47.0 Å². The second-order valence-electron chi connectivity index (χ2n) is 26.1. The number of hydrogen-bond donors (Lipinski definition) is 14. The second kappa shape index (κ2) is 66.9. The highest BCUT2D eigenvalue weighted by molar-refractivity contribution is 7.10. The van der Waals surface area contributed by atoms with Gasteiger partial charge in [0.2, 0.25) is 82.2 Å². The van der Waals surface area contributed by atoms with Gasteiger partial charge in [0, 0.05) is 24.1 Å². The lowest BCUT2D eigenvalue weighted by atomic mass is 9.87. The van der Waals surface area contributed by atoms with Crippen LogP contribution in [0.25, 0.3) is 0 Å². The van der Waals surface area contributed by atoms with Crippen LogP contribution in [0.2, 0.25) is 0 Å². The van der Waals surface area contributed by atoms with Gasteiger partial charge in [0.15, 0.2) is 0 Å². The lowest BCUT2D eigenvalue weighted by molar-refractivity contribution is -0.136. The molecule has 2 aliphatic rings. The Balaban J connectivity index is 0.00000142. The number of carbonyl (C=O) groups excluding carboxylic acids is 14. The summed E-state index contributed by atoms with van der Waals surface area (Å²) in [5.74, 6) is -9.02. The number of amidine groups is 7. The van der Waals surface area contributed by atoms with E-state index in [2.05, 4.69) is 107 Å². The second-order valence-corrected chi connectivity index (χ2v) is 27.2. The normalized spacial score (nSPS) is 12.7. The average Bonchev–Trinajstić information content (AvgIpc) is 1.18. The summed E-state index contributed by atoms with van der Waals surface area (Å²) in [6, 6.07) is 25.8. The van der Waals surface area contributed by atoms with E-state index in [0.717, 1.165) is 53.7 Å². The van der Waals surface area contributed by atoms with Crippen molar-refractivity contribution in [1.29, 1.82) is 0 Å². The minimum atomic E-state index is -0.801. The number of rotatable bonds is 29. The summed E-state index contributed by atoms with van der Waals surface area (Å²) in [6.45, 7) is 19.0.